The van der Waals surface area contributed by atoms with E-state index in [1.807, 2.05) is 0 Å². The second-order valence-corrected chi connectivity index (χ2v) is 19.0. The van der Waals surface area contributed by atoms with Gasteiger partial charge in [0.1, 0.15) is 0 Å². The summed E-state index contributed by atoms with van der Waals surface area (Å²) in [6, 6.07) is 0.971. The fourth-order valence-electron chi connectivity index (χ4n) is 7.50. The summed E-state index contributed by atoms with van der Waals surface area (Å²) in [4.78, 5) is 0. The van der Waals surface area contributed by atoms with E-state index in [9.17, 15) is 0 Å². The molecular weight excluding hydrogens is 666 g/mol. The van der Waals surface area contributed by atoms with Gasteiger partial charge < -0.3 is 30.2 Å². The Bertz CT molecular complexity index is 601. The lowest BCUT2D eigenvalue weighted by atomic mass is 10.0. The third-order valence-corrected chi connectivity index (χ3v) is 13.8. The summed E-state index contributed by atoms with van der Waals surface area (Å²) in [6.45, 7) is 17.3. The average Bonchev–Trinajstić information content (AvgIpc) is 3.12. The van der Waals surface area contributed by atoms with Crippen LogP contribution in [-0.2, 0) is 13.3 Å². The lowest BCUT2D eigenvalue weighted by Gasteiger charge is -2.36. The van der Waals surface area contributed by atoms with Crippen LogP contribution in [0.15, 0.2) is 0 Å². The van der Waals surface area contributed by atoms with Gasteiger partial charge >= 0.3 is 8.80 Å². The van der Waals surface area contributed by atoms with Gasteiger partial charge in [0.2, 0.25) is 0 Å². The smallest absolute Gasteiger partial charge is 0.501 e. The molecule has 0 aliphatic rings. The zero-order valence-electron chi connectivity index (χ0n) is 36.1. The van der Waals surface area contributed by atoms with E-state index >= 15 is 0 Å². The molecule has 0 rings (SSSR count). The molecule has 0 atom stereocenters. The van der Waals surface area contributed by atoms with Crippen molar-refractivity contribution in [2.75, 3.05) is 46.5 Å². The first-order valence-corrected chi connectivity index (χ1v) is 25.2. The molecule has 0 spiro atoms. The minimum absolute atomic E-state index is 0. The zero-order chi connectivity index (χ0) is 36.7. The van der Waals surface area contributed by atoms with Crippen molar-refractivity contribution in [2.24, 2.45) is 0 Å². The highest BCUT2D eigenvalue weighted by atomic mass is 35.5. The maximum atomic E-state index is 6.46. The standard InChI is InChI=1S/C45H96NO3Si.ClH/c1-7-12-14-16-18-20-22-24-26-28-30-32-34-36-39-46(6,40-37-35-33-31-29-27-25-23-21-19-17-15-13-8-2)41-38-45-50(47-42-9-3,48-43-10-4)49-44-11-5;/h7-45H2,1-6H3;1H/q+1;/p-1. The Hall–Kier alpha value is 0.347. The van der Waals surface area contributed by atoms with Gasteiger partial charge in [-0.1, -0.05) is 189 Å². The second-order valence-electron chi connectivity index (χ2n) is 16.3. The van der Waals surface area contributed by atoms with Gasteiger partial charge in [-0.05, 0) is 44.9 Å². The molecule has 0 fully saturated rings. The van der Waals surface area contributed by atoms with Gasteiger partial charge in [-0.3, -0.25) is 0 Å². The molecule has 0 aromatic carbocycles. The van der Waals surface area contributed by atoms with Crippen molar-refractivity contribution >= 4 is 8.80 Å². The van der Waals surface area contributed by atoms with Gasteiger partial charge in [0.25, 0.3) is 0 Å². The molecule has 0 aromatic heterocycles. The van der Waals surface area contributed by atoms with E-state index in [-0.39, 0.29) is 12.4 Å². The van der Waals surface area contributed by atoms with E-state index in [1.165, 1.54) is 204 Å². The Balaban J connectivity index is 0. The van der Waals surface area contributed by atoms with Crippen LogP contribution in [0.25, 0.3) is 0 Å². The van der Waals surface area contributed by atoms with Crippen LogP contribution in [0.5, 0.6) is 0 Å². The lowest BCUT2D eigenvalue weighted by Crippen LogP contribution is -3.00. The molecule has 4 nitrogen and oxygen atoms in total. The average molecular weight is 763 g/mol. The number of hydrogen-bond donors (Lipinski definition) is 0. The maximum Gasteiger partial charge on any atom is 0.501 e. The van der Waals surface area contributed by atoms with E-state index in [1.54, 1.807) is 0 Å². The SMILES string of the molecule is CCCCCCCCCCCCCCCC[N+](C)(CCCCCCCCCCCCCCCC)CCC[Si](OCCC)(OCCC)OCCC.[Cl-]. The Morgan fingerprint density at radius 1 is 0.314 bits per heavy atom. The van der Waals surface area contributed by atoms with E-state index in [2.05, 4.69) is 41.7 Å². The molecule has 51 heavy (non-hydrogen) atoms. The van der Waals surface area contributed by atoms with Crippen LogP contribution in [0.1, 0.15) is 240 Å². The predicted octanol–water partition coefficient (Wildman–Crippen LogP) is 12.0. The second kappa shape index (κ2) is 41.5. The molecule has 0 aliphatic carbocycles. The molecular formula is C45H96ClNO3Si. The number of hydrogen-bond acceptors (Lipinski definition) is 3. The van der Waals surface area contributed by atoms with E-state index in [4.69, 9.17) is 13.3 Å². The monoisotopic (exact) mass is 762 g/mol. The van der Waals surface area contributed by atoms with Gasteiger partial charge in [-0.15, -0.1) is 0 Å². The minimum atomic E-state index is -2.62. The molecule has 0 aromatic rings. The number of nitrogens with zero attached hydrogens (tertiary/aromatic N) is 1. The Labute approximate surface area is 330 Å². The third-order valence-electron chi connectivity index (χ3n) is 10.9. The zero-order valence-corrected chi connectivity index (χ0v) is 37.9. The number of halogens is 1. The quantitative estimate of drug-likeness (QED) is 0.0352. The molecule has 0 N–H and O–H groups in total. The van der Waals surface area contributed by atoms with Crippen LogP contribution in [0.2, 0.25) is 6.04 Å². The van der Waals surface area contributed by atoms with Crippen molar-refractivity contribution in [3.8, 4) is 0 Å². The summed E-state index contributed by atoms with van der Waals surface area (Å²) >= 11 is 0. The van der Waals surface area contributed by atoms with Crippen LogP contribution >= 0.6 is 0 Å². The summed E-state index contributed by atoms with van der Waals surface area (Å²) in [6.07, 6.45) is 44.3. The largest absolute Gasteiger partial charge is 1.00 e. The van der Waals surface area contributed by atoms with Crippen molar-refractivity contribution in [3.05, 3.63) is 0 Å². The van der Waals surface area contributed by atoms with Gasteiger partial charge in [0.05, 0.1) is 26.7 Å². The highest BCUT2D eigenvalue weighted by molar-refractivity contribution is 6.60. The Kier molecular flexibility index (Phi) is 43.5. The van der Waals surface area contributed by atoms with E-state index in [0.29, 0.717) is 0 Å². The Morgan fingerprint density at radius 3 is 0.804 bits per heavy atom. The molecule has 6 heteroatoms. The molecule has 0 heterocycles. The van der Waals surface area contributed by atoms with Crippen molar-refractivity contribution in [2.45, 2.75) is 246 Å². The fraction of sp³-hybridized carbons (Fsp3) is 1.00. The van der Waals surface area contributed by atoms with Crippen LogP contribution in [0, 0.1) is 0 Å². The molecule has 0 unspecified atom stereocenters. The van der Waals surface area contributed by atoms with E-state index < -0.39 is 8.80 Å². The first-order chi connectivity index (χ1) is 24.5. The first-order valence-electron chi connectivity index (χ1n) is 23.3. The topological polar surface area (TPSA) is 27.7 Å². The van der Waals surface area contributed by atoms with Crippen LogP contribution in [0.4, 0.5) is 0 Å². The number of quaternary nitrogens is 1. The first kappa shape index (κ1) is 53.4. The lowest BCUT2D eigenvalue weighted by molar-refractivity contribution is -0.910. The molecule has 0 amide bonds. The van der Waals surface area contributed by atoms with Crippen molar-refractivity contribution in [1.29, 1.82) is 0 Å². The van der Waals surface area contributed by atoms with Crippen LogP contribution < -0.4 is 12.4 Å². The third kappa shape index (κ3) is 35.8. The summed E-state index contributed by atoms with van der Waals surface area (Å²) in [5.41, 5.74) is 0. The van der Waals surface area contributed by atoms with Crippen molar-refractivity contribution in [3.63, 3.8) is 0 Å². The molecule has 0 radical (unpaired) electrons. The van der Waals surface area contributed by atoms with Crippen LogP contribution in [0.3, 0.4) is 0 Å². The predicted molar refractivity (Wildman–Crippen MR) is 225 cm³/mol. The molecule has 0 aliphatic heterocycles. The van der Waals surface area contributed by atoms with Gasteiger partial charge in [-0.2, -0.15) is 0 Å². The molecule has 310 valence electrons. The highest BCUT2D eigenvalue weighted by Crippen LogP contribution is 2.23. The normalized spacial score (nSPS) is 12.1. The minimum Gasteiger partial charge on any atom is -1.00 e. The van der Waals surface area contributed by atoms with Crippen molar-refractivity contribution < 1.29 is 30.2 Å². The number of rotatable bonds is 43. The van der Waals surface area contributed by atoms with Gasteiger partial charge in [-0.25, -0.2) is 0 Å². The summed E-state index contributed by atoms with van der Waals surface area (Å²) in [5, 5.41) is 0. The number of unbranched alkanes of at least 4 members (excludes halogenated alkanes) is 26. The summed E-state index contributed by atoms with van der Waals surface area (Å²) < 4.78 is 20.6. The molecule has 0 bridgehead atoms. The highest BCUT2D eigenvalue weighted by Gasteiger charge is 2.41. The van der Waals surface area contributed by atoms with Gasteiger partial charge in [0.15, 0.2) is 0 Å². The Morgan fingerprint density at radius 2 is 0.549 bits per heavy atom. The van der Waals surface area contributed by atoms with Gasteiger partial charge in [0, 0.05) is 32.3 Å². The van der Waals surface area contributed by atoms with Crippen molar-refractivity contribution in [1.82, 2.24) is 0 Å². The molecule has 0 saturated carbocycles. The summed E-state index contributed by atoms with van der Waals surface area (Å²) in [5.74, 6) is 0. The summed E-state index contributed by atoms with van der Waals surface area (Å²) in [7, 11) is -0.0592. The molecule has 0 saturated heterocycles. The van der Waals surface area contributed by atoms with E-state index in [0.717, 1.165) is 51.5 Å². The van der Waals surface area contributed by atoms with Crippen LogP contribution in [-0.4, -0.2) is 59.8 Å². The maximum absolute atomic E-state index is 6.46. The fourth-order valence-corrected chi connectivity index (χ4v) is 10.3.